The zero-order chi connectivity index (χ0) is 40.7. The predicted octanol–water partition coefficient (Wildman–Crippen LogP) is 3.17. The van der Waals surface area contributed by atoms with Gasteiger partial charge in [-0.1, -0.05) is 102 Å². The molecule has 0 aliphatic rings. The summed E-state index contributed by atoms with van der Waals surface area (Å²) in [4.78, 5) is 79.3. The average Bonchev–Trinajstić information content (AvgIpc) is 3.67. The van der Waals surface area contributed by atoms with Gasteiger partial charge in [0.15, 0.2) is 0 Å². The van der Waals surface area contributed by atoms with Gasteiger partial charge in [-0.3, -0.25) is 29.4 Å². The van der Waals surface area contributed by atoms with Crippen LogP contribution in [0, 0.1) is 23.7 Å². The van der Waals surface area contributed by atoms with Crippen molar-refractivity contribution in [1.82, 2.24) is 26.4 Å². The van der Waals surface area contributed by atoms with Crippen LogP contribution in [-0.4, -0.2) is 77.8 Å². The molecule has 0 saturated heterocycles. The van der Waals surface area contributed by atoms with Crippen molar-refractivity contribution in [2.45, 2.75) is 85.5 Å². The van der Waals surface area contributed by atoms with E-state index >= 15 is 0 Å². The molecule has 55 heavy (non-hydrogen) atoms. The van der Waals surface area contributed by atoms with Gasteiger partial charge in [-0.25, -0.2) is 9.80 Å². The van der Waals surface area contributed by atoms with E-state index in [2.05, 4.69) is 21.4 Å². The summed E-state index contributed by atoms with van der Waals surface area (Å²) in [6.45, 7) is 12.5. The number of carbonyl (C=O) groups is 6. The van der Waals surface area contributed by atoms with Crippen molar-refractivity contribution in [3.05, 3.63) is 95.9 Å². The molecule has 298 valence electrons. The van der Waals surface area contributed by atoms with Gasteiger partial charge >= 0.3 is 5.97 Å². The van der Waals surface area contributed by atoms with Crippen LogP contribution < -0.4 is 27.1 Å². The van der Waals surface area contributed by atoms with Crippen molar-refractivity contribution in [3.63, 3.8) is 0 Å². The van der Waals surface area contributed by atoms with Crippen LogP contribution in [0.25, 0.3) is 0 Å². The zero-order valence-corrected chi connectivity index (χ0v) is 32.7. The summed E-state index contributed by atoms with van der Waals surface area (Å²) in [5.41, 5.74) is 10.1. The van der Waals surface area contributed by atoms with Gasteiger partial charge in [0.25, 0.3) is 5.91 Å². The lowest BCUT2D eigenvalue weighted by Crippen LogP contribution is -2.60. The second-order valence-corrected chi connectivity index (χ2v) is 14.8. The van der Waals surface area contributed by atoms with Crippen LogP contribution in [0.4, 0.5) is 0 Å². The highest BCUT2D eigenvalue weighted by Crippen LogP contribution is 2.17. The van der Waals surface area contributed by atoms with Gasteiger partial charge in [-0.2, -0.15) is 0 Å². The number of rotatable bonds is 21. The number of hydrazine groups is 1. The normalized spacial score (nSPS) is 14.1. The van der Waals surface area contributed by atoms with Crippen LogP contribution in [0.1, 0.15) is 70.1 Å². The van der Waals surface area contributed by atoms with E-state index in [-0.39, 0.29) is 49.4 Å². The molecule has 3 aromatic rings. The standard InChI is InChI=1S/C41H56N6O8/c1-25(2)23-47(46-40(52)36(27(5)6)45-38(50)31(37(42)49)21-29-15-10-8-11-16-29)24-34(55-41(53)33-19-14-20-54-33)32(22-30-17-12-9-13-18-30)44-39(51)35(26(3)4)43-28(7)48/h8-20,25-27,31-32,34-36H,21-24H2,1-7H3,(H2,42,49)(H,43,48)(H,44,51)(H,45,50)(H,46,52)/t31-,32?,34?,35-,36-/m0/s1. The summed E-state index contributed by atoms with van der Waals surface area (Å²) in [6.07, 6.45) is 0.537. The number of esters is 1. The van der Waals surface area contributed by atoms with Crippen LogP contribution in [0.5, 0.6) is 0 Å². The molecule has 5 amide bonds. The Balaban J connectivity index is 1.97. The first-order valence-electron chi connectivity index (χ1n) is 18.6. The van der Waals surface area contributed by atoms with Gasteiger partial charge in [-0.05, 0) is 53.9 Å². The Bertz CT molecular complexity index is 1700. The van der Waals surface area contributed by atoms with Crippen molar-refractivity contribution in [2.75, 3.05) is 13.1 Å². The van der Waals surface area contributed by atoms with Crippen molar-refractivity contribution in [1.29, 1.82) is 0 Å². The number of hydrogen-bond donors (Lipinski definition) is 5. The lowest BCUT2D eigenvalue weighted by atomic mass is 9.96. The Labute approximate surface area is 323 Å². The third-order valence-corrected chi connectivity index (χ3v) is 8.81. The minimum absolute atomic E-state index is 0.00816. The lowest BCUT2D eigenvalue weighted by molar-refractivity contribution is -0.139. The number of primary amides is 1. The molecule has 5 atom stereocenters. The van der Waals surface area contributed by atoms with Crippen LogP contribution >= 0.6 is 0 Å². The fourth-order valence-electron chi connectivity index (χ4n) is 6.02. The molecule has 14 heteroatoms. The first-order valence-corrected chi connectivity index (χ1v) is 18.6. The molecule has 1 aromatic heterocycles. The summed E-state index contributed by atoms with van der Waals surface area (Å²) in [5, 5.41) is 10.0. The predicted molar refractivity (Wildman–Crippen MR) is 207 cm³/mol. The topological polar surface area (TPSA) is 202 Å². The maximum Gasteiger partial charge on any atom is 0.374 e. The SMILES string of the molecule is CC(=O)N[C@H](C(=O)NC(Cc1ccccc1)C(CN(CC(C)C)NC(=O)[C@@H](NC(=O)[C@@H](Cc1ccccc1)C(N)=O)C(C)C)OC(=O)c1ccco1)C(C)C. The molecule has 14 nitrogen and oxygen atoms in total. The molecule has 0 bridgehead atoms. The van der Waals surface area contributed by atoms with E-state index in [1.807, 2.05) is 50.2 Å². The molecule has 2 unspecified atom stereocenters. The molecule has 0 saturated carbocycles. The van der Waals surface area contributed by atoms with E-state index in [4.69, 9.17) is 14.9 Å². The first kappa shape index (κ1) is 43.9. The van der Waals surface area contributed by atoms with Crippen molar-refractivity contribution >= 4 is 35.5 Å². The van der Waals surface area contributed by atoms with E-state index in [1.165, 1.54) is 19.3 Å². The summed E-state index contributed by atoms with van der Waals surface area (Å²) in [6, 6.07) is 18.5. The number of nitrogens with one attached hydrogen (secondary N) is 4. The molecule has 1 heterocycles. The fraction of sp³-hybridized carbons (Fsp3) is 0.463. The largest absolute Gasteiger partial charge is 0.457 e. The number of amides is 5. The third-order valence-electron chi connectivity index (χ3n) is 8.81. The molecule has 0 radical (unpaired) electrons. The Morgan fingerprint density at radius 3 is 1.75 bits per heavy atom. The van der Waals surface area contributed by atoms with Gasteiger partial charge in [0.1, 0.15) is 24.1 Å². The van der Waals surface area contributed by atoms with Crippen LogP contribution in [-0.2, 0) is 41.6 Å². The molecule has 6 N–H and O–H groups in total. The molecular weight excluding hydrogens is 704 g/mol. The molecule has 0 aliphatic carbocycles. The smallest absolute Gasteiger partial charge is 0.374 e. The molecule has 0 aliphatic heterocycles. The second-order valence-electron chi connectivity index (χ2n) is 14.8. The van der Waals surface area contributed by atoms with E-state index in [1.54, 1.807) is 63.0 Å². The minimum atomic E-state index is -1.22. The van der Waals surface area contributed by atoms with Crippen molar-refractivity contribution in [2.24, 2.45) is 29.4 Å². The highest BCUT2D eigenvalue weighted by atomic mass is 16.6. The Kier molecular flexibility index (Phi) is 17.1. The lowest BCUT2D eigenvalue weighted by Gasteiger charge is -2.35. The third kappa shape index (κ3) is 14.3. The maximum atomic E-state index is 14.0. The first-order chi connectivity index (χ1) is 26.0. The number of carbonyl (C=O) groups excluding carboxylic acids is 6. The van der Waals surface area contributed by atoms with Gasteiger partial charge < -0.3 is 30.8 Å². The quantitative estimate of drug-likeness (QED) is 0.0614. The second kappa shape index (κ2) is 21.4. The van der Waals surface area contributed by atoms with Crippen LogP contribution in [0.15, 0.2) is 83.5 Å². The van der Waals surface area contributed by atoms with E-state index < -0.39 is 65.7 Å². The monoisotopic (exact) mass is 760 g/mol. The average molecular weight is 761 g/mol. The van der Waals surface area contributed by atoms with Crippen LogP contribution in [0.2, 0.25) is 0 Å². The Morgan fingerprint density at radius 2 is 1.25 bits per heavy atom. The zero-order valence-electron chi connectivity index (χ0n) is 32.7. The summed E-state index contributed by atoms with van der Waals surface area (Å²) in [7, 11) is 0. The van der Waals surface area contributed by atoms with E-state index in [9.17, 15) is 28.8 Å². The Morgan fingerprint density at radius 1 is 0.691 bits per heavy atom. The number of hydrogen-bond acceptors (Lipinski definition) is 9. The molecule has 0 spiro atoms. The van der Waals surface area contributed by atoms with E-state index in [0.29, 0.717) is 0 Å². The number of nitrogens with zero attached hydrogens (tertiary/aromatic N) is 1. The molecular formula is C41H56N6O8. The van der Waals surface area contributed by atoms with E-state index in [0.717, 1.165) is 11.1 Å². The van der Waals surface area contributed by atoms with Gasteiger partial charge in [0, 0.05) is 13.5 Å². The minimum Gasteiger partial charge on any atom is -0.457 e. The summed E-state index contributed by atoms with van der Waals surface area (Å²) < 4.78 is 11.4. The van der Waals surface area contributed by atoms with Crippen LogP contribution in [0.3, 0.4) is 0 Å². The number of furan rings is 1. The highest BCUT2D eigenvalue weighted by molar-refractivity contribution is 6.01. The highest BCUT2D eigenvalue weighted by Gasteiger charge is 2.36. The Hall–Kier alpha value is -5.50. The summed E-state index contributed by atoms with van der Waals surface area (Å²) >= 11 is 0. The molecule has 2 aromatic carbocycles. The van der Waals surface area contributed by atoms with Gasteiger partial charge in [0.05, 0.1) is 18.8 Å². The van der Waals surface area contributed by atoms with Gasteiger partial charge in [0.2, 0.25) is 29.4 Å². The fourth-order valence-corrected chi connectivity index (χ4v) is 6.02. The number of benzene rings is 2. The summed E-state index contributed by atoms with van der Waals surface area (Å²) in [5.74, 6) is -5.70. The van der Waals surface area contributed by atoms with Crippen molar-refractivity contribution < 1.29 is 37.9 Å². The van der Waals surface area contributed by atoms with Gasteiger partial charge in [-0.15, -0.1) is 0 Å². The number of ether oxygens (including phenoxy) is 1. The number of nitrogens with two attached hydrogens (primary N) is 1. The molecule has 3 rings (SSSR count). The van der Waals surface area contributed by atoms with Crippen molar-refractivity contribution in [3.8, 4) is 0 Å². The molecule has 0 fully saturated rings. The maximum absolute atomic E-state index is 14.0.